The number of fused-ring (bicyclic) bond motifs is 1. The van der Waals surface area contributed by atoms with Crippen molar-refractivity contribution in [3.8, 4) is 0 Å². The van der Waals surface area contributed by atoms with Gasteiger partial charge in [-0.3, -0.25) is 14.9 Å². The fourth-order valence-electron chi connectivity index (χ4n) is 4.15. The van der Waals surface area contributed by atoms with E-state index >= 15 is 0 Å². The third-order valence-corrected chi connectivity index (χ3v) is 7.84. The quantitative estimate of drug-likeness (QED) is 0.416. The van der Waals surface area contributed by atoms with Gasteiger partial charge in [0.1, 0.15) is 0 Å². The van der Waals surface area contributed by atoms with E-state index < -0.39 is 31.1 Å². The minimum Gasteiger partial charge on any atom is -0.377 e. The van der Waals surface area contributed by atoms with E-state index in [1.165, 1.54) is 18.2 Å². The number of nitro groups is 1. The maximum atomic E-state index is 13.6. The van der Waals surface area contributed by atoms with Crippen molar-refractivity contribution in [3.05, 3.63) is 79.6 Å². The molecule has 2 heterocycles. The van der Waals surface area contributed by atoms with Crippen molar-refractivity contribution in [2.45, 2.75) is 44.2 Å². The van der Waals surface area contributed by atoms with Crippen LogP contribution < -0.4 is 5.56 Å². The largest absolute Gasteiger partial charge is 0.377 e. The minimum atomic E-state index is -4.29. The molecule has 3 aromatic rings. The Morgan fingerprint density at radius 1 is 1.18 bits per heavy atom. The molecule has 174 valence electrons. The maximum absolute atomic E-state index is 13.6. The van der Waals surface area contributed by atoms with Gasteiger partial charge in [-0.1, -0.05) is 24.3 Å². The number of benzene rings is 2. The first-order chi connectivity index (χ1) is 15.7. The summed E-state index contributed by atoms with van der Waals surface area (Å²) >= 11 is 0. The molecule has 0 aliphatic carbocycles. The third kappa shape index (κ3) is 4.54. The zero-order chi connectivity index (χ0) is 23.8. The molecular weight excluding hydrogens is 446 g/mol. The lowest BCUT2D eigenvalue weighted by molar-refractivity contribution is -0.387. The number of sulfonamides is 1. The van der Waals surface area contributed by atoms with Crippen molar-refractivity contribution < 1.29 is 18.1 Å². The number of pyridine rings is 1. The van der Waals surface area contributed by atoms with Crippen LogP contribution in [0.5, 0.6) is 0 Å². The summed E-state index contributed by atoms with van der Waals surface area (Å²) in [5.41, 5.74) is 1.91. The number of aromatic nitrogens is 1. The first-order valence-corrected chi connectivity index (χ1v) is 12.1. The third-order valence-electron chi connectivity index (χ3n) is 5.98. The van der Waals surface area contributed by atoms with Crippen molar-refractivity contribution in [1.29, 1.82) is 0 Å². The molecule has 0 spiro atoms. The van der Waals surface area contributed by atoms with Crippen LogP contribution in [-0.4, -0.2) is 41.9 Å². The van der Waals surface area contributed by atoms with Gasteiger partial charge in [0, 0.05) is 36.7 Å². The lowest BCUT2D eigenvalue weighted by atomic mass is 10.0. The van der Waals surface area contributed by atoms with E-state index in [0.29, 0.717) is 18.5 Å². The molecule has 0 bridgehead atoms. The Kier molecular flexibility index (Phi) is 6.33. The van der Waals surface area contributed by atoms with Gasteiger partial charge in [0.25, 0.3) is 11.2 Å². The van der Waals surface area contributed by atoms with E-state index in [1.54, 1.807) is 6.07 Å². The van der Waals surface area contributed by atoms with Gasteiger partial charge in [-0.25, -0.2) is 8.42 Å². The van der Waals surface area contributed by atoms with Crippen molar-refractivity contribution in [1.82, 2.24) is 9.29 Å². The Bertz CT molecular complexity index is 1380. The van der Waals surface area contributed by atoms with E-state index in [0.717, 1.165) is 33.3 Å². The number of hydrogen-bond donors (Lipinski definition) is 1. The normalized spacial score (nSPS) is 16.5. The summed E-state index contributed by atoms with van der Waals surface area (Å²) < 4.78 is 34.0. The van der Waals surface area contributed by atoms with Crippen LogP contribution >= 0.6 is 0 Å². The highest BCUT2D eigenvalue weighted by Crippen LogP contribution is 2.29. The first-order valence-electron chi connectivity index (χ1n) is 10.7. The predicted octanol–water partition coefficient (Wildman–Crippen LogP) is 3.42. The molecule has 0 radical (unpaired) electrons. The molecule has 1 aliphatic rings. The second kappa shape index (κ2) is 9.05. The highest BCUT2D eigenvalue weighted by Gasteiger charge is 2.34. The summed E-state index contributed by atoms with van der Waals surface area (Å²) in [5, 5.41) is 12.3. The van der Waals surface area contributed by atoms with Crippen molar-refractivity contribution >= 4 is 26.6 Å². The molecule has 4 rings (SSSR count). The number of ether oxygens (including phenoxy) is 1. The Morgan fingerprint density at radius 3 is 2.61 bits per heavy atom. The van der Waals surface area contributed by atoms with Crippen LogP contribution in [0.4, 0.5) is 5.69 Å². The summed E-state index contributed by atoms with van der Waals surface area (Å²) in [6.07, 6.45) is 1.14. The van der Waals surface area contributed by atoms with Crippen molar-refractivity contribution in [3.63, 3.8) is 0 Å². The Labute approximate surface area is 191 Å². The number of nitro benzene ring substituents is 1. The number of hydrogen-bond acceptors (Lipinski definition) is 6. The summed E-state index contributed by atoms with van der Waals surface area (Å²) in [4.78, 5) is 26.1. The topological polar surface area (TPSA) is 123 Å². The summed E-state index contributed by atoms with van der Waals surface area (Å²) in [6, 6.07) is 10.8. The Balaban J connectivity index is 1.81. The molecule has 33 heavy (non-hydrogen) atoms. The number of aryl methyl sites for hydroxylation is 2. The van der Waals surface area contributed by atoms with Crippen LogP contribution in [0, 0.1) is 24.0 Å². The zero-order valence-corrected chi connectivity index (χ0v) is 19.2. The molecule has 1 atom stereocenters. The van der Waals surface area contributed by atoms with E-state index in [4.69, 9.17) is 4.74 Å². The minimum absolute atomic E-state index is 0.00133. The number of rotatable bonds is 7. The van der Waals surface area contributed by atoms with E-state index in [9.17, 15) is 23.3 Å². The maximum Gasteiger partial charge on any atom is 0.289 e. The number of nitrogens with zero attached hydrogens (tertiary/aromatic N) is 2. The van der Waals surface area contributed by atoms with Gasteiger partial charge in [-0.15, -0.1) is 0 Å². The Hall–Kier alpha value is -3.08. The molecule has 0 saturated carbocycles. The van der Waals surface area contributed by atoms with Crippen LogP contribution in [0.2, 0.25) is 0 Å². The molecule has 1 saturated heterocycles. The molecule has 2 aromatic carbocycles. The van der Waals surface area contributed by atoms with Crippen LogP contribution in [-0.2, 0) is 21.3 Å². The average Bonchev–Trinajstić information content (AvgIpc) is 3.30. The summed E-state index contributed by atoms with van der Waals surface area (Å²) in [7, 11) is -4.29. The predicted molar refractivity (Wildman–Crippen MR) is 124 cm³/mol. The van der Waals surface area contributed by atoms with Gasteiger partial charge >= 0.3 is 0 Å². The highest BCUT2D eigenvalue weighted by molar-refractivity contribution is 7.89. The van der Waals surface area contributed by atoms with E-state index in [-0.39, 0.29) is 24.8 Å². The SMILES string of the molecule is Cc1ccc(C)c2[nH]c(=O)c(CN(CC3CCCO3)S(=O)(=O)c3ccccc3[N+](=O)[O-])cc12. The lowest BCUT2D eigenvalue weighted by Gasteiger charge is -2.25. The van der Waals surface area contributed by atoms with Gasteiger partial charge in [-0.2, -0.15) is 4.31 Å². The second-order valence-corrected chi connectivity index (χ2v) is 10.2. The van der Waals surface area contributed by atoms with Gasteiger partial charge < -0.3 is 9.72 Å². The number of H-pyrrole nitrogens is 1. The highest BCUT2D eigenvalue weighted by atomic mass is 32.2. The average molecular weight is 472 g/mol. The summed E-state index contributed by atoms with van der Waals surface area (Å²) in [6.45, 7) is 4.10. The Morgan fingerprint density at radius 2 is 1.91 bits per heavy atom. The van der Waals surface area contributed by atoms with Gasteiger partial charge in [0.05, 0.1) is 16.5 Å². The zero-order valence-electron chi connectivity index (χ0n) is 18.4. The molecule has 1 aliphatic heterocycles. The molecule has 1 unspecified atom stereocenters. The van der Waals surface area contributed by atoms with Crippen molar-refractivity contribution in [2.24, 2.45) is 0 Å². The number of nitrogens with one attached hydrogen (secondary N) is 1. The van der Waals surface area contributed by atoms with Gasteiger partial charge in [-0.05, 0) is 49.9 Å². The van der Waals surface area contributed by atoms with Crippen LogP contribution in [0.25, 0.3) is 10.9 Å². The fourth-order valence-corrected chi connectivity index (χ4v) is 5.76. The molecule has 0 amide bonds. The molecule has 9 nitrogen and oxygen atoms in total. The monoisotopic (exact) mass is 471 g/mol. The molecule has 1 aromatic heterocycles. The van der Waals surface area contributed by atoms with Crippen LogP contribution in [0.1, 0.15) is 29.5 Å². The van der Waals surface area contributed by atoms with Crippen LogP contribution in [0.15, 0.2) is 52.2 Å². The number of aromatic amines is 1. The first kappa shape index (κ1) is 23.1. The van der Waals surface area contributed by atoms with Crippen molar-refractivity contribution in [2.75, 3.05) is 13.2 Å². The van der Waals surface area contributed by atoms with Gasteiger partial charge in [0.2, 0.25) is 10.0 Å². The molecule has 1 N–H and O–H groups in total. The van der Waals surface area contributed by atoms with Crippen LogP contribution in [0.3, 0.4) is 0 Å². The standard InChI is InChI=1S/C23H25N3O6S/c1-15-9-10-16(2)22-19(15)12-17(23(27)24-22)13-25(14-18-6-5-11-32-18)33(30,31)21-8-4-3-7-20(21)26(28)29/h3-4,7-10,12,18H,5-6,11,13-14H2,1-2H3,(H,24,27). The summed E-state index contributed by atoms with van der Waals surface area (Å²) in [5.74, 6) is 0. The van der Waals surface area contributed by atoms with E-state index in [2.05, 4.69) is 4.98 Å². The smallest absolute Gasteiger partial charge is 0.289 e. The molecule has 10 heteroatoms. The lowest BCUT2D eigenvalue weighted by Crippen LogP contribution is -2.38. The van der Waals surface area contributed by atoms with E-state index in [1.807, 2.05) is 26.0 Å². The second-order valence-electron chi connectivity index (χ2n) is 8.27. The molecular formula is C23H25N3O6S. The fraction of sp³-hybridized carbons (Fsp3) is 0.348. The van der Waals surface area contributed by atoms with Gasteiger partial charge in [0.15, 0.2) is 4.90 Å². The molecule has 1 fully saturated rings. The number of para-hydroxylation sites is 1.